The molecule has 7 nitrogen and oxygen atoms in total. The molecule has 0 spiro atoms. The number of fused-ring (bicyclic) bond motifs is 1. The Bertz CT molecular complexity index is 1220. The molecule has 0 saturated heterocycles. The summed E-state index contributed by atoms with van der Waals surface area (Å²) in [6, 6.07) is 23.5. The zero-order chi connectivity index (χ0) is 20.9. The van der Waals surface area contributed by atoms with Crippen LogP contribution in [0.25, 0.3) is 11.0 Å². The fraction of sp³-hybridized carbons (Fsp3) is 0.0870. The molecule has 2 amide bonds. The number of ether oxygens (including phenoxy) is 1. The molecule has 4 rings (SSSR count). The average molecular weight is 397 g/mol. The van der Waals surface area contributed by atoms with Gasteiger partial charge in [0.1, 0.15) is 17.3 Å². The van der Waals surface area contributed by atoms with E-state index in [1.165, 1.54) is 0 Å². The Labute approximate surface area is 173 Å². The fourth-order valence-electron chi connectivity index (χ4n) is 3.03. The van der Waals surface area contributed by atoms with E-state index in [9.17, 15) is 4.79 Å². The highest BCUT2D eigenvalue weighted by molar-refractivity contribution is 5.89. The molecule has 4 aromatic rings. The summed E-state index contributed by atoms with van der Waals surface area (Å²) in [5, 5.41) is 14.5. The van der Waals surface area contributed by atoms with E-state index in [4.69, 9.17) is 10.00 Å². The quantitative estimate of drug-likeness (QED) is 0.516. The standard InChI is InChI=1S/C23H19N5O2/c1-28-21-5-3-2-4-20(21)27-22(28)15-25-23(29)26-17-8-12-19(13-9-17)30-18-10-6-16(14-24)7-11-18/h2-13H,15H2,1H3,(H2,25,26,29). The molecule has 2 N–H and O–H groups in total. The Balaban J connectivity index is 1.33. The van der Waals surface area contributed by atoms with Gasteiger partial charge in [-0.15, -0.1) is 0 Å². The van der Waals surface area contributed by atoms with Gasteiger partial charge in [-0.05, 0) is 60.7 Å². The van der Waals surface area contributed by atoms with E-state index in [1.807, 2.05) is 35.9 Å². The molecule has 1 heterocycles. The minimum atomic E-state index is -0.317. The van der Waals surface area contributed by atoms with Crippen LogP contribution in [0.3, 0.4) is 0 Å². The third kappa shape index (κ3) is 4.23. The minimum Gasteiger partial charge on any atom is -0.457 e. The summed E-state index contributed by atoms with van der Waals surface area (Å²) in [5.41, 5.74) is 3.14. The van der Waals surface area contributed by atoms with Gasteiger partial charge < -0.3 is 19.9 Å². The first-order chi connectivity index (χ1) is 14.6. The lowest BCUT2D eigenvalue weighted by molar-refractivity contribution is 0.251. The zero-order valence-electron chi connectivity index (χ0n) is 16.3. The van der Waals surface area contributed by atoms with E-state index in [-0.39, 0.29) is 6.03 Å². The number of benzene rings is 3. The largest absolute Gasteiger partial charge is 0.457 e. The first kappa shape index (κ1) is 19.0. The number of amides is 2. The van der Waals surface area contributed by atoms with Crippen molar-refractivity contribution >= 4 is 22.8 Å². The monoisotopic (exact) mass is 397 g/mol. The lowest BCUT2D eigenvalue weighted by Gasteiger charge is -2.09. The molecule has 0 fully saturated rings. The summed E-state index contributed by atoms with van der Waals surface area (Å²) in [4.78, 5) is 16.8. The SMILES string of the molecule is Cn1c(CNC(=O)Nc2ccc(Oc3ccc(C#N)cc3)cc2)nc2ccccc21. The lowest BCUT2D eigenvalue weighted by Crippen LogP contribution is -2.29. The van der Waals surface area contributed by atoms with Crippen molar-refractivity contribution in [1.29, 1.82) is 5.26 Å². The smallest absolute Gasteiger partial charge is 0.319 e. The van der Waals surface area contributed by atoms with Crippen LogP contribution in [0.4, 0.5) is 10.5 Å². The van der Waals surface area contributed by atoms with Gasteiger partial charge in [-0.3, -0.25) is 0 Å². The van der Waals surface area contributed by atoms with Crippen molar-refractivity contribution in [2.75, 3.05) is 5.32 Å². The van der Waals surface area contributed by atoms with Gasteiger partial charge in [-0.2, -0.15) is 5.26 Å². The summed E-state index contributed by atoms with van der Waals surface area (Å²) in [7, 11) is 1.93. The molecule has 7 heteroatoms. The fourth-order valence-corrected chi connectivity index (χ4v) is 3.03. The molecular weight excluding hydrogens is 378 g/mol. The van der Waals surface area contributed by atoms with Crippen LogP contribution in [-0.4, -0.2) is 15.6 Å². The molecule has 148 valence electrons. The van der Waals surface area contributed by atoms with Crippen LogP contribution < -0.4 is 15.4 Å². The number of imidazole rings is 1. The molecule has 30 heavy (non-hydrogen) atoms. The van der Waals surface area contributed by atoms with E-state index in [0.717, 1.165) is 16.9 Å². The molecule has 0 unspecified atom stereocenters. The van der Waals surface area contributed by atoms with Gasteiger partial charge in [-0.1, -0.05) is 12.1 Å². The summed E-state index contributed by atoms with van der Waals surface area (Å²) in [6.45, 7) is 0.316. The Morgan fingerprint density at radius 1 is 1.03 bits per heavy atom. The summed E-state index contributed by atoms with van der Waals surface area (Å²) in [5.74, 6) is 2.04. The van der Waals surface area contributed by atoms with Crippen LogP contribution in [-0.2, 0) is 13.6 Å². The van der Waals surface area contributed by atoms with Crippen molar-refractivity contribution in [3.8, 4) is 17.6 Å². The van der Waals surface area contributed by atoms with Crippen molar-refractivity contribution in [3.63, 3.8) is 0 Å². The Morgan fingerprint density at radius 3 is 2.37 bits per heavy atom. The number of urea groups is 1. The van der Waals surface area contributed by atoms with Gasteiger partial charge in [0.05, 0.1) is 29.2 Å². The van der Waals surface area contributed by atoms with Gasteiger partial charge in [0, 0.05) is 12.7 Å². The maximum atomic E-state index is 12.2. The summed E-state index contributed by atoms with van der Waals surface area (Å²) in [6.07, 6.45) is 0. The van der Waals surface area contributed by atoms with Crippen LogP contribution in [0.2, 0.25) is 0 Å². The molecule has 0 aliphatic carbocycles. The van der Waals surface area contributed by atoms with Crippen molar-refractivity contribution in [2.45, 2.75) is 6.54 Å². The highest BCUT2D eigenvalue weighted by Gasteiger charge is 2.09. The van der Waals surface area contributed by atoms with Crippen molar-refractivity contribution in [2.24, 2.45) is 7.05 Å². The second-order valence-corrected chi connectivity index (χ2v) is 6.65. The maximum Gasteiger partial charge on any atom is 0.319 e. The molecule has 0 atom stereocenters. The second-order valence-electron chi connectivity index (χ2n) is 6.65. The van der Waals surface area contributed by atoms with E-state index in [1.54, 1.807) is 48.5 Å². The van der Waals surface area contributed by atoms with Gasteiger partial charge in [-0.25, -0.2) is 9.78 Å². The molecule has 0 radical (unpaired) electrons. The van der Waals surface area contributed by atoms with E-state index in [2.05, 4.69) is 21.7 Å². The van der Waals surface area contributed by atoms with Crippen LogP contribution >= 0.6 is 0 Å². The van der Waals surface area contributed by atoms with Crippen molar-refractivity contribution in [1.82, 2.24) is 14.9 Å². The number of aryl methyl sites for hydroxylation is 1. The summed E-state index contributed by atoms with van der Waals surface area (Å²) < 4.78 is 7.70. The van der Waals surface area contributed by atoms with Crippen LogP contribution in [0.15, 0.2) is 72.8 Å². The predicted molar refractivity (Wildman–Crippen MR) is 114 cm³/mol. The van der Waals surface area contributed by atoms with Crippen LogP contribution in [0, 0.1) is 11.3 Å². The topological polar surface area (TPSA) is 92.0 Å². The van der Waals surface area contributed by atoms with Gasteiger partial charge >= 0.3 is 6.03 Å². The Kier molecular flexibility index (Phi) is 5.31. The Hall–Kier alpha value is -4.31. The molecule has 0 aliphatic rings. The average Bonchev–Trinajstić information content (AvgIpc) is 3.10. The van der Waals surface area contributed by atoms with E-state index < -0.39 is 0 Å². The number of hydrogen-bond acceptors (Lipinski definition) is 4. The third-order valence-corrected chi connectivity index (χ3v) is 4.62. The minimum absolute atomic E-state index is 0.316. The number of rotatable bonds is 5. The first-order valence-corrected chi connectivity index (χ1v) is 9.35. The number of anilines is 1. The second kappa shape index (κ2) is 8.37. The van der Waals surface area contributed by atoms with Gasteiger partial charge in [0.15, 0.2) is 0 Å². The lowest BCUT2D eigenvalue weighted by atomic mass is 10.2. The highest BCUT2D eigenvalue weighted by Crippen LogP contribution is 2.23. The number of para-hydroxylation sites is 2. The normalized spacial score (nSPS) is 10.4. The third-order valence-electron chi connectivity index (χ3n) is 4.62. The molecule has 0 aliphatic heterocycles. The number of nitrogens with zero attached hydrogens (tertiary/aromatic N) is 3. The molecule has 0 saturated carbocycles. The number of aromatic nitrogens is 2. The molecule has 1 aromatic heterocycles. The first-order valence-electron chi connectivity index (χ1n) is 9.35. The van der Waals surface area contributed by atoms with Crippen molar-refractivity contribution in [3.05, 3.63) is 84.2 Å². The number of carbonyl (C=O) groups excluding carboxylic acids is 1. The number of carbonyl (C=O) groups is 1. The Morgan fingerprint density at radius 2 is 1.70 bits per heavy atom. The number of nitrogens with one attached hydrogen (secondary N) is 2. The summed E-state index contributed by atoms with van der Waals surface area (Å²) >= 11 is 0. The highest BCUT2D eigenvalue weighted by atomic mass is 16.5. The van der Waals surface area contributed by atoms with Crippen LogP contribution in [0.5, 0.6) is 11.5 Å². The van der Waals surface area contributed by atoms with Crippen LogP contribution in [0.1, 0.15) is 11.4 Å². The number of hydrogen-bond donors (Lipinski definition) is 2. The zero-order valence-corrected chi connectivity index (χ0v) is 16.3. The molecule has 3 aromatic carbocycles. The predicted octanol–water partition coefficient (Wildman–Crippen LogP) is 4.56. The number of nitriles is 1. The molecular formula is C23H19N5O2. The van der Waals surface area contributed by atoms with E-state index in [0.29, 0.717) is 29.3 Å². The van der Waals surface area contributed by atoms with E-state index >= 15 is 0 Å². The van der Waals surface area contributed by atoms with Gasteiger partial charge in [0.25, 0.3) is 0 Å². The van der Waals surface area contributed by atoms with Crippen molar-refractivity contribution < 1.29 is 9.53 Å². The van der Waals surface area contributed by atoms with Gasteiger partial charge in [0.2, 0.25) is 0 Å². The molecule has 0 bridgehead atoms. The maximum absolute atomic E-state index is 12.2.